The highest BCUT2D eigenvalue weighted by molar-refractivity contribution is 7.99. The van der Waals surface area contributed by atoms with Crippen LogP contribution in [-0.4, -0.2) is 26.4 Å². The van der Waals surface area contributed by atoms with Gasteiger partial charge >= 0.3 is 0 Å². The lowest BCUT2D eigenvalue weighted by Crippen LogP contribution is -2.14. The number of thioether (sulfide) groups is 1. The van der Waals surface area contributed by atoms with Gasteiger partial charge in [-0.3, -0.25) is 9.36 Å². The zero-order valence-electron chi connectivity index (χ0n) is 18.6. The first-order chi connectivity index (χ1) is 17.2. The normalized spacial score (nSPS) is 10.9. The number of anilines is 1. The van der Waals surface area contributed by atoms with Crippen LogP contribution < -0.4 is 10.1 Å². The maximum Gasteiger partial charge on any atom is 0.234 e. The summed E-state index contributed by atoms with van der Waals surface area (Å²) in [6, 6.07) is 30.9. The molecule has 0 aliphatic rings. The quantitative estimate of drug-likeness (QED) is 0.250. The van der Waals surface area contributed by atoms with Crippen LogP contribution in [0, 0.1) is 0 Å². The number of aromatic nitrogens is 3. The van der Waals surface area contributed by atoms with E-state index in [1.54, 1.807) is 24.3 Å². The van der Waals surface area contributed by atoms with Gasteiger partial charge in [-0.25, -0.2) is 0 Å². The van der Waals surface area contributed by atoms with E-state index in [-0.39, 0.29) is 18.3 Å². The van der Waals surface area contributed by atoms with Crippen LogP contribution in [0.5, 0.6) is 5.75 Å². The number of hydrogen-bond donors (Lipinski definition) is 1. The number of carbonyl (C=O) groups excluding carboxylic acids is 1. The maximum atomic E-state index is 12.5. The molecule has 1 N–H and O–H groups in total. The van der Waals surface area contributed by atoms with Gasteiger partial charge in [-0.1, -0.05) is 84.0 Å². The zero-order valence-corrected chi connectivity index (χ0v) is 20.2. The van der Waals surface area contributed by atoms with Crippen molar-refractivity contribution in [1.29, 1.82) is 0 Å². The van der Waals surface area contributed by atoms with Crippen LogP contribution in [0.3, 0.4) is 0 Å². The summed E-state index contributed by atoms with van der Waals surface area (Å²) in [5, 5.41) is 14.9. The monoisotopic (exact) mass is 500 g/mol. The number of fused-ring (bicyclic) bond motifs is 1. The van der Waals surface area contributed by atoms with E-state index in [2.05, 4.69) is 27.6 Å². The number of carbonyl (C=O) groups is 1. The SMILES string of the molecule is O=C(CSc1nnc(COc2cccc3ccccc23)n1-c1ccccc1)Nc1cccc(Cl)c1. The van der Waals surface area contributed by atoms with Crippen LogP contribution in [-0.2, 0) is 11.4 Å². The first-order valence-electron chi connectivity index (χ1n) is 11.0. The average Bonchev–Trinajstić information content (AvgIpc) is 3.29. The smallest absolute Gasteiger partial charge is 0.234 e. The van der Waals surface area contributed by atoms with E-state index >= 15 is 0 Å². The second-order valence-electron chi connectivity index (χ2n) is 7.68. The first kappa shape index (κ1) is 23.0. The van der Waals surface area contributed by atoms with E-state index in [4.69, 9.17) is 16.3 Å². The molecule has 0 saturated heterocycles. The van der Waals surface area contributed by atoms with Crippen molar-refractivity contribution in [3.05, 3.63) is 108 Å². The molecule has 0 atom stereocenters. The Morgan fingerprint density at radius 3 is 2.54 bits per heavy atom. The van der Waals surface area contributed by atoms with Gasteiger partial charge in [0.25, 0.3) is 0 Å². The summed E-state index contributed by atoms with van der Waals surface area (Å²) in [6.07, 6.45) is 0. The van der Waals surface area contributed by atoms with Crippen molar-refractivity contribution in [3.63, 3.8) is 0 Å². The lowest BCUT2D eigenvalue weighted by molar-refractivity contribution is -0.113. The van der Waals surface area contributed by atoms with Gasteiger partial charge in [0.2, 0.25) is 5.91 Å². The zero-order chi connectivity index (χ0) is 24.0. The lowest BCUT2D eigenvalue weighted by Gasteiger charge is -2.12. The summed E-state index contributed by atoms with van der Waals surface area (Å²) < 4.78 is 8.09. The van der Waals surface area contributed by atoms with Crippen LogP contribution in [0.4, 0.5) is 5.69 Å². The number of ether oxygens (including phenoxy) is 1. The molecule has 5 aromatic rings. The number of halogens is 1. The highest BCUT2D eigenvalue weighted by Crippen LogP contribution is 2.27. The maximum absolute atomic E-state index is 12.5. The van der Waals surface area contributed by atoms with Gasteiger partial charge in [-0.05, 0) is 41.8 Å². The van der Waals surface area contributed by atoms with E-state index in [1.807, 2.05) is 65.2 Å². The van der Waals surface area contributed by atoms with Crippen LogP contribution in [0.25, 0.3) is 16.5 Å². The van der Waals surface area contributed by atoms with Crippen LogP contribution in [0.2, 0.25) is 5.02 Å². The van der Waals surface area contributed by atoms with Crippen molar-refractivity contribution in [1.82, 2.24) is 14.8 Å². The van der Waals surface area contributed by atoms with Crippen molar-refractivity contribution in [2.75, 3.05) is 11.1 Å². The predicted molar refractivity (Wildman–Crippen MR) is 140 cm³/mol. The number of hydrogen-bond acceptors (Lipinski definition) is 5. The van der Waals surface area contributed by atoms with Crippen molar-refractivity contribution in [2.45, 2.75) is 11.8 Å². The molecule has 6 nitrogen and oxygen atoms in total. The van der Waals surface area contributed by atoms with E-state index in [0.717, 1.165) is 22.2 Å². The van der Waals surface area contributed by atoms with E-state index in [9.17, 15) is 4.79 Å². The fraction of sp³-hybridized carbons (Fsp3) is 0.0741. The number of para-hydroxylation sites is 1. The number of nitrogens with one attached hydrogen (secondary N) is 1. The minimum absolute atomic E-state index is 0.159. The molecule has 5 rings (SSSR count). The molecule has 0 saturated carbocycles. The Balaban J connectivity index is 1.35. The largest absolute Gasteiger partial charge is 0.485 e. The third-order valence-electron chi connectivity index (χ3n) is 5.26. The molecular formula is C27H21ClN4O2S. The van der Waals surface area contributed by atoms with Crippen LogP contribution in [0.15, 0.2) is 102 Å². The fourth-order valence-corrected chi connectivity index (χ4v) is 4.64. The van der Waals surface area contributed by atoms with Crippen LogP contribution in [0.1, 0.15) is 5.82 Å². The molecule has 0 unspecified atom stereocenters. The number of amides is 1. The standard InChI is InChI=1S/C27H21ClN4O2S/c28-20-10-7-11-21(16-20)29-26(33)18-35-27-31-30-25(32(27)22-12-2-1-3-13-22)17-34-24-15-6-9-19-8-4-5-14-23(19)24/h1-16H,17-18H2,(H,29,33). The average molecular weight is 501 g/mol. The number of nitrogens with zero attached hydrogens (tertiary/aromatic N) is 3. The molecule has 35 heavy (non-hydrogen) atoms. The van der Waals surface area contributed by atoms with Gasteiger partial charge in [0.1, 0.15) is 12.4 Å². The van der Waals surface area contributed by atoms with Gasteiger partial charge in [0.15, 0.2) is 11.0 Å². The Morgan fingerprint density at radius 2 is 1.69 bits per heavy atom. The van der Waals surface area contributed by atoms with Crippen LogP contribution >= 0.6 is 23.4 Å². The Labute approximate surface area is 211 Å². The predicted octanol–water partition coefficient (Wildman–Crippen LogP) is 6.38. The molecule has 174 valence electrons. The summed E-state index contributed by atoms with van der Waals surface area (Å²) >= 11 is 7.32. The molecule has 0 aliphatic heterocycles. The van der Waals surface area contributed by atoms with Gasteiger partial charge < -0.3 is 10.1 Å². The summed E-state index contributed by atoms with van der Waals surface area (Å²) in [4.78, 5) is 12.5. The summed E-state index contributed by atoms with van der Waals surface area (Å²) in [6.45, 7) is 0.227. The van der Waals surface area contributed by atoms with Crippen molar-refractivity contribution < 1.29 is 9.53 Å². The molecule has 1 aromatic heterocycles. The fourth-order valence-electron chi connectivity index (χ4n) is 3.68. The van der Waals surface area contributed by atoms with Crippen molar-refractivity contribution in [3.8, 4) is 11.4 Å². The van der Waals surface area contributed by atoms with E-state index in [1.165, 1.54) is 11.8 Å². The molecule has 0 radical (unpaired) electrons. The molecule has 8 heteroatoms. The van der Waals surface area contributed by atoms with Gasteiger partial charge in [0.05, 0.1) is 5.75 Å². The second-order valence-corrected chi connectivity index (χ2v) is 9.06. The first-order valence-corrected chi connectivity index (χ1v) is 12.3. The highest BCUT2D eigenvalue weighted by Gasteiger charge is 2.17. The second kappa shape index (κ2) is 10.6. The summed E-state index contributed by atoms with van der Waals surface area (Å²) in [5.41, 5.74) is 1.54. The third-order valence-corrected chi connectivity index (χ3v) is 6.43. The van der Waals surface area contributed by atoms with Gasteiger partial charge in [-0.15, -0.1) is 10.2 Å². The topological polar surface area (TPSA) is 69.0 Å². The lowest BCUT2D eigenvalue weighted by atomic mass is 10.1. The molecule has 1 heterocycles. The minimum Gasteiger partial charge on any atom is -0.485 e. The van der Waals surface area contributed by atoms with E-state index in [0.29, 0.717) is 21.7 Å². The van der Waals surface area contributed by atoms with Gasteiger partial charge in [-0.2, -0.15) is 0 Å². The Hall–Kier alpha value is -3.81. The van der Waals surface area contributed by atoms with Gasteiger partial charge in [0, 0.05) is 21.8 Å². The Morgan fingerprint density at radius 1 is 0.914 bits per heavy atom. The van der Waals surface area contributed by atoms with Crippen molar-refractivity contribution in [2.24, 2.45) is 0 Å². The molecule has 0 aliphatic carbocycles. The third kappa shape index (κ3) is 5.48. The Bertz CT molecular complexity index is 1470. The molecular weight excluding hydrogens is 480 g/mol. The highest BCUT2D eigenvalue weighted by atomic mass is 35.5. The number of rotatable bonds is 8. The molecule has 0 fully saturated rings. The molecule has 0 bridgehead atoms. The molecule has 0 spiro atoms. The van der Waals surface area contributed by atoms with Crippen molar-refractivity contribution >= 4 is 45.7 Å². The molecule has 1 amide bonds. The van der Waals surface area contributed by atoms with E-state index < -0.39 is 0 Å². The summed E-state index contributed by atoms with van der Waals surface area (Å²) in [5.74, 6) is 1.43. The Kier molecular flexibility index (Phi) is 6.97. The molecule has 4 aromatic carbocycles. The minimum atomic E-state index is -0.159. The number of benzene rings is 4. The summed E-state index contributed by atoms with van der Waals surface area (Å²) in [7, 11) is 0.